The summed E-state index contributed by atoms with van der Waals surface area (Å²) in [6, 6.07) is 8.94. The Morgan fingerprint density at radius 3 is 2.75 bits per heavy atom. The van der Waals surface area contributed by atoms with Gasteiger partial charge in [-0.3, -0.25) is 4.40 Å². The maximum absolute atomic E-state index is 14.6. The smallest absolute Gasteiger partial charge is 0.201 e. The van der Waals surface area contributed by atoms with E-state index in [1.165, 1.54) is 30.3 Å². The Hall–Kier alpha value is -3.17. The number of rotatable bonds is 8. The summed E-state index contributed by atoms with van der Waals surface area (Å²) in [6.45, 7) is 2.74. The number of aryl methyl sites for hydroxylation is 1. The van der Waals surface area contributed by atoms with E-state index in [2.05, 4.69) is 28.3 Å². The largest absolute Gasteiger partial charge is 0.494 e. The minimum atomic E-state index is -1.03. The van der Waals surface area contributed by atoms with Gasteiger partial charge in [0.15, 0.2) is 23.0 Å². The van der Waals surface area contributed by atoms with Crippen LogP contribution >= 0.6 is 11.8 Å². The lowest BCUT2D eigenvalue weighted by atomic mass is 10.1. The molecule has 0 aliphatic heterocycles. The number of aromatic nitrogens is 3. The summed E-state index contributed by atoms with van der Waals surface area (Å²) < 4.78 is 35.4. The first-order valence-corrected chi connectivity index (χ1v) is 11.1. The Labute approximate surface area is 188 Å². The van der Waals surface area contributed by atoms with Gasteiger partial charge in [0.1, 0.15) is 0 Å². The average Bonchev–Trinajstić information content (AvgIpc) is 3.22. The van der Waals surface area contributed by atoms with Gasteiger partial charge in [0.25, 0.3) is 0 Å². The third-order valence-corrected chi connectivity index (χ3v) is 6.28. The van der Waals surface area contributed by atoms with Crippen molar-refractivity contribution in [2.24, 2.45) is 5.73 Å². The molecule has 0 atom stereocenters. The standard InChI is InChI=1S/C23H23F2N5OS/c1-14-12-15(4-7-19(14)32-11-3-8-26)29-22-23-28-13-17(30(23)10-9-27-22)16-5-6-18(31-2)21(25)20(16)24/h4-7,9-10,12-13H,3,8,11,26H2,1-2H3,(H,27,29). The molecule has 0 saturated heterocycles. The van der Waals surface area contributed by atoms with Gasteiger partial charge in [-0.2, -0.15) is 4.39 Å². The van der Waals surface area contributed by atoms with Crippen LogP contribution in [-0.4, -0.2) is 33.8 Å². The van der Waals surface area contributed by atoms with Crippen LogP contribution in [0.3, 0.4) is 0 Å². The van der Waals surface area contributed by atoms with E-state index in [-0.39, 0.29) is 11.3 Å². The quantitative estimate of drug-likeness (QED) is 0.282. The molecule has 0 saturated carbocycles. The van der Waals surface area contributed by atoms with Gasteiger partial charge in [0.05, 0.1) is 19.0 Å². The lowest BCUT2D eigenvalue weighted by Gasteiger charge is -2.11. The Balaban J connectivity index is 1.65. The topological polar surface area (TPSA) is 77.5 Å². The third-order valence-electron chi connectivity index (χ3n) is 5.01. The van der Waals surface area contributed by atoms with Gasteiger partial charge in [0.2, 0.25) is 5.82 Å². The first-order chi connectivity index (χ1) is 15.5. The second kappa shape index (κ2) is 9.54. The third kappa shape index (κ3) is 4.26. The summed E-state index contributed by atoms with van der Waals surface area (Å²) >= 11 is 1.78. The summed E-state index contributed by atoms with van der Waals surface area (Å²) in [5.41, 5.74) is 8.56. The van der Waals surface area contributed by atoms with Crippen molar-refractivity contribution in [3.8, 4) is 17.0 Å². The maximum atomic E-state index is 14.6. The molecule has 9 heteroatoms. The molecular formula is C23H23F2N5OS. The Morgan fingerprint density at radius 1 is 1.16 bits per heavy atom. The molecule has 4 rings (SSSR count). The SMILES string of the molecule is COc1ccc(-c2cnc3c(Nc4ccc(SCCCN)c(C)c4)nccn23)c(F)c1F. The molecule has 2 heterocycles. The molecule has 0 aliphatic carbocycles. The normalized spacial score (nSPS) is 11.2. The van der Waals surface area contributed by atoms with Crippen LogP contribution in [0.2, 0.25) is 0 Å². The summed E-state index contributed by atoms with van der Waals surface area (Å²) in [5, 5.41) is 3.28. The highest BCUT2D eigenvalue weighted by Gasteiger charge is 2.19. The molecule has 0 bridgehead atoms. The number of imidazole rings is 1. The Morgan fingerprint density at radius 2 is 2.00 bits per heavy atom. The molecule has 0 radical (unpaired) electrons. The van der Waals surface area contributed by atoms with E-state index in [0.29, 0.717) is 23.7 Å². The summed E-state index contributed by atoms with van der Waals surface area (Å²) in [4.78, 5) is 9.99. The summed E-state index contributed by atoms with van der Waals surface area (Å²) in [7, 11) is 1.29. The maximum Gasteiger partial charge on any atom is 0.201 e. The monoisotopic (exact) mass is 455 g/mol. The second-order valence-corrected chi connectivity index (χ2v) is 8.29. The van der Waals surface area contributed by atoms with Gasteiger partial charge < -0.3 is 15.8 Å². The van der Waals surface area contributed by atoms with Crippen molar-refractivity contribution < 1.29 is 13.5 Å². The number of fused-ring (bicyclic) bond motifs is 1. The lowest BCUT2D eigenvalue weighted by Crippen LogP contribution is -2.01. The zero-order chi connectivity index (χ0) is 22.7. The van der Waals surface area contributed by atoms with Crippen LogP contribution < -0.4 is 15.8 Å². The van der Waals surface area contributed by atoms with E-state index in [1.54, 1.807) is 28.6 Å². The fraction of sp³-hybridized carbons (Fsp3) is 0.217. The van der Waals surface area contributed by atoms with Crippen LogP contribution in [0.1, 0.15) is 12.0 Å². The van der Waals surface area contributed by atoms with Crippen molar-refractivity contribution >= 4 is 28.9 Å². The van der Waals surface area contributed by atoms with E-state index in [0.717, 1.165) is 23.4 Å². The molecule has 0 fully saturated rings. The average molecular weight is 456 g/mol. The second-order valence-electron chi connectivity index (χ2n) is 7.15. The van der Waals surface area contributed by atoms with Crippen molar-refractivity contribution in [2.75, 3.05) is 24.7 Å². The lowest BCUT2D eigenvalue weighted by molar-refractivity contribution is 0.372. The first kappa shape index (κ1) is 22.0. The molecule has 2 aromatic carbocycles. The first-order valence-electron chi connectivity index (χ1n) is 10.1. The molecule has 6 nitrogen and oxygen atoms in total. The molecule has 3 N–H and O–H groups in total. The van der Waals surface area contributed by atoms with Crippen molar-refractivity contribution in [2.45, 2.75) is 18.2 Å². The molecule has 166 valence electrons. The van der Waals surface area contributed by atoms with Gasteiger partial charge in [-0.15, -0.1) is 11.8 Å². The van der Waals surface area contributed by atoms with Crippen molar-refractivity contribution in [3.63, 3.8) is 0 Å². The number of hydrogen-bond donors (Lipinski definition) is 2. The van der Waals surface area contributed by atoms with E-state index in [1.807, 2.05) is 12.1 Å². The fourth-order valence-corrected chi connectivity index (χ4v) is 4.37. The number of nitrogens with one attached hydrogen (secondary N) is 1. The number of hydrogen-bond acceptors (Lipinski definition) is 6. The van der Waals surface area contributed by atoms with Gasteiger partial charge in [0, 0.05) is 28.5 Å². The highest BCUT2D eigenvalue weighted by molar-refractivity contribution is 7.99. The van der Waals surface area contributed by atoms with Crippen molar-refractivity contribution in [3.05, 3.63) is 66.1 Å². The molecule has 32 heavy (non-hydrogen) atoms. The molecule has 4 aromatic rings. The molecule has 0 amide bonds. The van der Waals surface area contributed by atoms with Gasteiger partial charge in [-0.25, -0.2) is 14.4 Å². The van der Waals surface area contributed by atoms with Crippen LogP contribution in [-0.2, 0) is 0 Å². The number of anilines is 2. The predicted molar refractivity (Wildman–Crippen MR) is 124 cm³/mol. The Bertz CT molecular complexity index is 1260. The fourth-order valence-electron chi connectivity index (χ4n) is 3.39. The van der Waals surface area contributed by atoms with Crippen LogP contribution in [0, 0.1) is 18.6 Å². The molecule has 0 spiro atoms. The van der Waals surface area contributed by atoms with Crippen LogP contribution in [0.5, 0.6) is 5.75 Å². The number of nitrogens with two attached hydrogens (primary N) is 1. The number of ether oxygens (including phenoxy) is 1. The Kier molecular flexibility index (Phi) is 6.57. The van der Waals surface area contributed by atoms with Crippen LogP contribution in [0.15, 0.2) is 53.8 Å². The van der Waals surface area contributed by atoms with E-state index >= 15 is 0 Å². The molecule has 0 unspecified atom stereocenters. The number of halogens is 2. The number of nitrogens with zero attached hydrogens (tertiary/aromatic N) is 3. The zero-order valence-electron chi connectivity index (χ0n) is 17.7. The summed E-state index contributed by atoms with van der Waals surface area (Å²) in [6.07, 6.45) is 5.71. The summed E-state index contributed by atoms with van der Waals surface area (Å²) in [5.74, 6) is -0.687. The van der Waals surface area contributed by atoms with Crippen molar-refractivity contribution in [1.29, 1.82) is 0 Å². The van der Waals surface area contributed by atoms with Gasteiger partial charge in [-0.1, -0.05) is 0 Å². The molecular weight excluding hydrogens is 432 g/mol. The van der Waals surface area contributed by atoms with Crippen LogP contribution in [0.25, 0.3) is 16.9 Å². The minimum Gasteiger partial charge on any atom is -0.494 e. The van der Waals surface area contributed by atoms with E-state index < -0.39 is 11.6 Å². The number of methoxy groups -OCH3 is 1. The van der Waals surface area contributed by atoms with Crippen molar-refractivity contribution in [1.82, 2.24) is 14.4 Å². The molecule has 2 aromatic heterocycles. The number of thioether (sulfide) groups is 1. The predicted octanol–water partition coefficient (Wildman–Crippen LogP) is 5.18. The highest BCUT2D eigenvalue weighted by atomic mass is 32.2. The van der Waals surface area contributed by atoms with E-state index in [9.17, 15) is 8.78 Å². The minimum absolute atomic E-state index is 0.0858. The van der Waals surface area contributed by atoms with Crippen LogP contribution in [0.4, 0.5) is 20.3 Å². The van der Waals surface area contributed by atoms with E-state index in [4.69, 9.17) is 10.5 Å². The highest BCUT2D eigenvalue weighted by Crippen LogP contribution is 2.32. The van der Waals surface area contributed by atoms with Gasteiger partial charge in [-0.05, 0) is 61.5 Å². The molecule has 0 aliphatic rings. The zero-order valence-corrected chi connectivity index (χ0v) is 18.5. The number of benzene rings is 2. The van der Waals surface area contributed by atoms with Gasteiger partial charge >= 0.3 is 0 Å².